The molecule has 0 unspecified atom stereocenters. The predicted octanol–water partition coefficient (Wildman–Crippen LogP) is 1.36. The summed E-state index contributed by atoms with van der Waals surface area (Å²) < 4.78 is 6.87. The van der Waals surface area contributed by atoms with E-state index in [-0.39, 0.29) is 5.91 Å². The van der Waals surface area contributed by atoms with Crippen LogP contribution < -0.4 is 10.1 Å². The molecule has 5 nitrogen and oxygen atoms in total. The van der Waals surface area contributed by atoms with Crippen molar-refractivity contribution in [3.8, 4) is 5.75 Å². The number of methoxy groups -OCH3 is 1. The summed E-state index contributed by atoms with van der Waals surface area (Å²) in [5.74, 6) is 0.411. The Bertz CT molecular complexity index is 549. The van der Waals surface area contributed by atoms with E-state index in [2.05, 4.69) is 10.4 Å². The number of nitrogens with zero attached hydrogens (tertiary/aromatic N) is 2. The van der Waals surface area contributed by atoms with Crippen LogP contribution in [-0.2, 0) is 13.6 Å². The van der Waals surface area contributed by atoms with Gasteiger partial charge in [-0.1, -0.05) is 12.1 Å². The second kappa shape index (κ2) is 5.35. The first-order valence-corrected chi connectivity index (χ1v) is 5.60. The topological polar surface area (TPSA) is 56.1 Å². The van der Waals surface area contributed by atoms with Crippen LogP contribution in [0.15, 0.2) is 36.5 Å². The maximum atomic E-state index is 12.0. The van der Waals surface area contributed by atoms with Crippen molar-refractivity contribution < 1.29 is 9.53 Å². The molecular formula is C13H15N3O2. The molecule has 1 aromatic carbocycles. The van der Waals surface area contributed by atoms with Gasteiger partial charge in [-0.25, -0.2) is 0 Å². The number of carbonyl (C=O) groups is 1. The number of amides is 1. The average Bonchev–Trinajstić information content (AvgIpc) is 2.81. The standard InChI is InChI=1S/C13H15N3O2/c1-16-10(7-8-15-16)9-14-13(17)11-5-3-4-6-12(11)18-2/h3-8H,9H2,1-2H3,(H,14,17). The number of carbonyl (C=O) groups excluding carboxylic acids is 1. The molecule has 2 rings (SSSR count). The van der Waals surface area contributed by atoms with Crippen molar-refractivity contribution in [1.29, 1.82) is 0 Å². The molecule has 1 amide bonds. The maximum absolute atomic E-state index is 12.0. The van der Waals surface area contributed by atoms with Gasteiger partial charge in [0.05, 0.1) is 24.9 Å². The highest BCUT2D eigenvalue weighted by Gasteiger charge is 2.11. The smallest absolute Gasteiger partial charge is 0.255 e. The monoisotopic (exact) mass is 245 g/mol. The number of ether oxygens (including phenoxy) is 1. The minimum Gasteiger partial charge on any atom is -0.496 e. The molecule has 0 spiro atoms. The maximum Gasteiger partial charge on any atom is 0.255 e. The first kappa shape index (κ1) is 12.2. The van der Waals surface area contributed by atoms with Gasteiger partial charge in [0.1, 0.15) is 5.75 Å². The second-order valence-corrected chi connectivity index (χ2v) is 3.83. The predicted molar refractivity (Wildman–Crippen MR) is 67.4 cm³/mol. The lowest BCUT2D eigenvalue weighted by molar-refractivity contribution is 0.0947. The van der Waals surface area contributed by atoms with E-state index in [0.29, 0.717) is 17.9 Å². The highest BCUT2D eigenvalue weighted by Crippen LogP contribution is 2.16. The van der Waals surface area contributed by atoms with Crippen molar-refractivity contribution in [2.75, 3.05) is 7.11 Å². The minimum absolute atomic E-state index is 0.159. The molecule has 0 aliphatic carbocycles. The summed E-state index contributed by atoms with van der Waals surface area (Å²) in [5.41, 5.74) is 1.47. The zero-order valence-electron chi connectivity index (χ0n) is 10.4. The van der Waals surface area contributed by atoms with Crippen LogP contribution in [0.5, 0.6) is 5.75 Å². The van der Waals surface area contributed by atoms with Gasteiger partial charge in [0.25, 0.3) is 5.91 Å². The third-order valence-corrected chi connectivity index (χ3v) is 2.70. The van der Waals surface area contributed by atoms with E-state index in [4.69, 9.17) is 4.74 Å². The fraction of sp³-hybridized carbons (Fsp3) is 0.231. The summed E-state index contributed by atoms with van der Waals surface area (Å²) in [6, 6.07) is 9.00. The van der Waals surface area contributed by atoms with Gasteiger partial charge >= 0.3 is 0 Å². The van der Waals surface area contributed by atoms with Crippen LogP contribution in [0.2, 0.25) is 0 Å². The molecular weight excluding hydrogens is 230 g/mol. The normalized spacial score (nSPS) is 10.1. The molecule has 1 N–H and O–H groups in total. The Balaban J connectivity index is 2.06. The number of benzene rings is 1. The number of rotatable bonds is 4. The van der Waals surface area contributed by atoms with Gasteiger partial charge in [-0.05, 0) is 18.2 Å². The quantitative estimate of drug-likeness (QED) is 0.884. The van der Waals surface area contributed by atoms with Crippen LogP contribution in [0.1, 0.15) is 16.1 Å². The Morgan fingerprint density at radius 1 is 1.39 bits per heavy atom. The molecule has 18 heavy (non-hydrogen) atoms. The van der Waals surface area contributed by atoms with Crippen molar-refractivity contribution >= 4 is 5.91 Å². The largest absolute Gasteiger partial charge is 0.496 e. The molecule has 0 aliphatic heterocycles. The summed E-state index contributed by atoms with van der Waals surface area (Å²) in [6.07, 6.45) is 1.70. The Morgan fingerprint density at radius 2 is 2.17 bits per heavy atom. The van der Waals surface area contributed by atoms with Gasteiger partial charge in [-0.2, -0.15) is 5.10 Å². The highest BCUT2D eigenvalue weighted by atomic mass is 16.5. The third-order valence-electron chi connectivity index (χ3n) is 2.70. The summed E-state index contributed by atoms with van der Waals surface area (Å²) in [7, 11) is 3.39. The summed E-state index contributed by atoms with van der Waals surface area (Å²) >= 11 is 0. The van der Waals surface area contributed by atoms with Crippen LogP contribution in [0.3, 0.4) is 0 Å². The van der Waals surface area contributed by atoms with Crippen LogP contribution >= 0.6 is 0 Å². The lowest BCUT2D eigenvalue weighted by atomic mass is 10.2. The summed E-state index contributed by atoms with van der Waals surface area (Å²) in [5, 5.41) is 6.88. The van der Waals surface area contributed by atoms with Crippen molar-refractivity contribution in [3.05, 3.63) is 47.8 Å². The van der Waals surface area contributed by atoms with Gasteiger partial charge in [0.2, 0.25) is 0 Å². The lowest BCUT2D eigenvalue weighted by Crippen LogP contribution is -2.24. The van der Waals surface area contributed by atoms with E-state index in [9.17, 15) is 4.79 Å². The number of hydrogen-bond donors (Lipinski definition) is 1. The zero-order valence-corrected chi connectivity index (χ0v) is 10.4. The van der Waals surface area contributed by atoms with E-state index in [1.165, 1.54) is 0 Å². The third kappa shape index (κ3) is 2.51. The first-order chi connectivity index (χ1) is 8.72. The van der Waals surface area contributed by atoms with Crippen molar-refractivity contribution in [1.82, 2.24) is 15.1 Å². The Hall–Kier alpha value is -2.30. The number of aromatic nitrogens is 2. The number of hydrogen-bond acceptors (Lipinski definition) is 3. The van der Waals surface area contributed by atoms with Crippen LogP contribution in [0.4, 0.5) is 0 Å². The highest BCUT2D eigenvalue weighted by molar-refractivity contribution is 5.96. The second-order valence-electron chi connectivity index (χ2n) is 3.83. The van der Waals surface area contributed by atoms with Crippen LogP contribution in [0.25, 0.3) is 0 Å². The summed E-state index contributed by atoms with van der Waals surface area (Å²) in [4.78, 5) is 12.0. The zero-order chi connectivity index (χ0) is 13.0. The van der Waals surface area contributed by atoms with Crippen molar-refractivity contribution in [3.63, 3.8) is 0 Å². The van der Waals surface area contributed by atoms with E-state index in [1.807, 2.05) is 25.2 Å². The fourth-order valence-corrected chi connectivity index (χ4v) is 1.67. The SMILES string of the molecule is COc1ccccc1C(=O)NCc1ccnn1C. The molecule has 94 valence electrons. The molecule has 0 saturated heterocycles. The number of aryl methyl sites for hydroxylation is 1. The molecule has 0 bridgehead atoms. The Morgan fingerprint density at radius 3 is 2.83 bits per heavy atom. The van der Waals surface area contributed by atoms with E-state index < -0.39 is 0 Å². The van der Waals surface area contributed by atoms with E-state index >= 15 is 0 Å². The fourth-order valence-electron chi connectivity index (χ4n) is 1.67. The first-order valence-electron chi connectivity index (χ1n) is 5.60. The summed E-state index contributed by atoms with van der Waals surface area (Å²) in [6.45, 7) is 0.438. The number of para-hydroxylation sites is 1. The van der Waals surface area contributed by atoms with Crippen molar-refractivity contribution in [2.24, 2.45) is 7.05 Å². The van der Waals surface area contributed by atoms with Gasteiger partial charge in [0, 0.05) is 13.2 Å². The molecule has 1 heterocycles. The van der Waals surface area contributed by atoms with E-state index in [0.717, 1.165) is 5.69 Å². The van der Waals surface area contributed by atoms with Gasteiger partial charge in [0.15, 0.2) is 0 Å². The molecule has 2 aromatic rings. The molecule has 0 atom stereocenters. The molecule has 0 saturated carbocycles. The van der Waals surface area contributed by atoms with Gasteiger partial charge < -0.3 is 10.1 Å². The molecule has 0 aliphatic rings. The molecule has 1 aromatic heterocycles. The number of nitrogens with one attached hydrogen (secondary N) is 1. The van der Waals surface area contributed by atoms with Gasteiger partial charge in [-0.3, -0.25) is 9.48 Å². The van der Waals surface area contributed by atoms with Gasteiger partial charge in [-0.15, -0.1) is 0 Å². The minimum atomic E-state index is -0.159. The van der Waals surface area contributed by atoms with E-state index in [1.54, 1.807) is 30.1 Å². The average molecular weight is 245 g/mol. The van der Waals surface area contributed by atoms with Crippen LogP contribution in [-0.4, -0.2) is 22.8 Å². The molecule has 0 radical (unpaired) electrons. The lowest BCUT2D eigenvalue weighted by Gasteiger charge is -2.09. The Kier molecular flexibility index (Phi) is 3.62. The molecule has 5 heteroatoms. The van der Waals surface area contributed by atoms with Crippen LogP contribution in [0, 0.1) is 0 Å². The molecule has 0 fully saturated rings. The van der Waals surface area contributed by atoms with Crippen molar-refractivity contribution in [2.45, 2.75) is 6.54 Å². The Labute approximate surface area is 105 Å².